The van der Waals surface area contributed by atoms with E-state index < -0.39 is 0 Å². The molecule has 2 heterocycles. The fraction of sp³-hybridized carbons (Fsp3) is 0.619. The molecule has 1 aromatic carbocycles. The highest BCUT2D eigenvalue weighted by atomic mass is 16.5. The van der Waals surface area contributed by atoms with Gasteiger partial charge in [0.2, 0.25) is 11.8 Å². The van der Waals surface area contributed by atoms with Gasteiger partial charge in [0, 0.05) is 38.5 Å². The van der Waals surface area contributed by atoms with Gasteiger partial charge in [0.1, 0.15) is 5.75 Å². The minimum Gasteiger partial charge on any atom is -0.497 e. The summed E-state index contributed by atoms with van der Waals surface area (Å²) in [7, 11) is 1.65. The second-order valence-electron chi connectivity index (χ2n) is 7.39. The molecule has 0 saturated carbocycles. The van der Waals surface area contributed by atoms with Gasteiger partial charge in [-0.15, -0.1) is 0 Å². The highest BCUT2D eigenvalue weighted by Crippen LogP contribution is 2.23. The summed E-state index contributed by atoms with van der Waals surface area (Å²) in [5.41, 5.74) is 1.12. The minimum atomic E-state index is 0.107. The summed E-state index contributed by atoms with van der Waals surface area (Å²) in [5, 5.41) is 0. The third-order valence-electron chi connectivity index (χ3n) is 5.63. The zero-order valence-electron chi connectivity index (χ0n) is 15.8. The largest absolute Gasteiger partial charge is 0.497 e. The average molecular weight is 358 g/mol. The first-order valence-corrected chi connectivity index (χ1v) is 9.87. The van der Waals surface area contributed by atoms with Crippen molar-refractivity contribution in [3.63, 3.8) is 0 Å². The Morgan fingerprint density at radius 1 is 1.04 bits per heavy atom. The Morgan fingerprint density at radius 2 is 1.77 bits per heavy atom. The first-order chi connectivity index (χ1) is 12.7. The van der Waals surface area contributed by atoms with Crippen LogP contribution in [0.2, 0.25) is 0 Å². The number of carbonyl (C=O) groups excluding carboxylic acids is 2. The molecule has 3 rings (SSSR count). The Balaban J connectivity index is 1.43. The van der Waals surface area contributed by atoms with Crippen molar-refractivity contribution in [3.8, 4) is 5.75 Å². The van der Waals surface area contributed by atoms with Gasteiger partial charge in [0.05, 0.1) is 7.11 Å². The van der Waals surface area contributed by atoms with E-state index in [0.29, 0.717) is 25.4 Å². The lowest BCUT2D eigenvalue weighted by Gasteiger charge is -2.35. The van der Waals surface area contributed by atoms with E-state index in [-0.39, 0.29) is 11.8 Å². The van der Waals surface area contributed by atoms with Crippen molar-refractivity contribution in [3.05, 3.63) is 29.8 Å². The quantitative estimate of drug-likeness (QED) is 0.813. The summed E-state index contributed by atoms with van der Waals surface area (Å²) in [6, 6.07) is 7.88. The summed E-state index contributed by atoms with van der Waals surface area (Å²) in [4.78, 5) is 29.1. The fourth-order valence-corrected chi connectivity index (χ4v) is 3.99. The van der Waals surface area contributed by atoms with Gasteiger partial charge >= 0.3 is 0 Å². The standard InChI is InChI=1S/C21H30N2O3/c1-26-19-7-5-6-17(16-19)8-9-20(24)22-14-10-18(11-15-22)21(25)23-12-3-2-4-13-23/h5-7,16,18H,2-4,8-15H2,1H3. The van der Waals surface area contributed by atoms with Crippen molar-refractivity contribution in [1.29, 1.82) is 0 Å². The van der Waals surface area contributed by atoms with Crippen molar-refractivity contribution < 1.29 is 14.3 Å². The maximum absolute atomic E-state index is 12.6. The highest BCUT2D eigenvalue weighted by molar-refractivity contribution is 5.80. The molecule has 0 radical (unpaired) electrons. The first kappa shape index (κ1) is 18.7. The zero-order chi connectivity index (χ0) is 18.4. The maximum atomic E-state index is 12.6. The molecule has 0 bridgehead atoms. The Bertz CT molecular complexity index is 617. The van der Waals surface area contributed by atoms with Gasteiger partial charge < -0.3 is 14.5 Å². The van der Waals surface area contributed by atoms with Crippen LogP contribution in [-0.2, 0) is 16.0 Å². The molecule has 2 fully saturated rings. The Morgan fingerprint density at radius 3 is 2.46 bits per heavy atom. The molecule has 26 heavy (non-hydrogen) atoms. The second kappa shape index (κ2) is 9.06. The van der Waals surface area contributed by atoms with E-state index in [2.05, 4.69) is 0 Å². The van der Waals surface area contributed by atoms with E-state index in [1.807, 2.05) is 34.1 Å². The monoisotopic (exact) mass is 358 g/mol. The molecular weight excluding hydrogens is 328 g/mol. The number of carbonyl (C=O) groups is 2. The van der Waals surface area contributed by atoms with Gasteiger partial charge in [0.15, 0.2) is 0 Å². The van der Waals surface area contributed by atoms with Crippen LogP contribution in [0.3, 0.4) is 0 Å². The van der Waals surface area contributed by atoms with Crippen LogP contribution in [0.5, 0.6) is 5.75 Å². The molecule has 0 spiro atoms. The maximum Gasteiger partial charge on any atom is 0.225 e. The predicted molar refractivity (Wildman–Crippen MR) is 101 cm³/mol. The Labute approximate surface area is 156 Å². The van der Waals surface area contributed by atoms with Crippen molar-refractivity contribution >= 4 is 11.8 Å². The van der Waals surface area contributed by atoms with Crippen LogP contribution in [0.15, 0.2) is 24.3 Å². The van der Waals surface area contributed by atoms with E-state index in [1.54, 1.807) is 7.11 Å². The average Bonchev–Trinajstić information content (AvgIpc) is 2.72. The summed E-state index contributed by atoms with van der Waals surface area (Å²) in [5.74, 6) is 1.44. The van der Waals surface area contributed by atoms with E-state index in [1.165, 1.54) is 6.42 Å². The summed E-state index contributed by atoms with van der Waals surface area (Å²) in [6.45, 7) is 3.25. The van der Waals surface area contributed by atoms with Gasteiger partial charge in [-0.2, -0.15) is 0 Å². The second-order valence-corrected chi connectivity index (χ2v) is 7.39. The van der Waals surface area contributed by atoms with Gasteiger partial charge in [0.25, 0.3) is 0 Å². The predicted octanol–water partition coefficient (Wildman–Crippen LogP) is 2.88. The third kappa shape index (κ3) is 4.77. The number of ether oxygens (including phenoxy) is 1. The van der Waals surface area contributed by atoms with Crippen LogP contribution in [0.1, 0.15) is 44.1 Å². The zero-order valence-corrected chi connectivity index (χ0v) is 15.8. The van der Waals surface area contributed by atoms with Crippen LogP contribution in [0.25, 0.3) is 0 Å². The Hall–Kier alpha value is -2.04. The van der Waals surface area contributed by atoms with Gasteiger partial charge in [-0.1, -0.05) is 12.1 Å². The van der Waals surface area contributed by atoms with Gasteiger partial charge in [-0.25, -0.2) is 0 Å². The summed E-state index contributed by atoms with van der Waals surface area (Å²) in [6.07, 6.45) is 6.35. The number of nitrogens with zero attached hydrogens (tertiary/aromatic N) is 2. The number of rotatable bonds is 5. The third-order valence-corrected chi connectivity index (χ3v) is 5.63. The molecule has 0 N–H and O–H groups in total. The fourth-order valence-electron chi connectivity index (χ4n) is 3.99. The summed E-state index contributed by atoms with van der Waals surface area (Å²) >= 11 is 0. The lowest BCUT2D eigenvalue weighted by molar-refractivity contribution is -0.141. The summed E-state index contributed by atoms with van der Waals surface area (Å²) < 4.78 is 5.23. The van der Waals surface area contributed by atoms with Crippen LogP contribution in [0.4, 0.5) is 0 Å². The van der Waals surface area contributed by atoms with E-state index in [4.69, 9.17) is 4.74 Å². The van der Waals surface area contributed by atoms with Gasteiger partial charge in [-0.05, 0) is 56.2 Å². The molecule has 2 aliphatic heterocycles. The molecule has 0 atom stereocenters. The van der Waals surface area contributed by atoms with Crippen molar-refractivity contribution in [2.75, 3.05) is 33.3 Å². The number of piperidine rings is 2. The number of amides is 2. The number of hydrogen-bond donors (Lipinski definition) is 0. The smallest absolute Gasteiger partial charge is 0.225 e. The van der Waals surface area contributed by atoms with Crippen molar-refractivity contribution in [2.45, 2.75) is 44.9 Å². The first-order valence-electron chi connectivity index (χ1n) is 9.87. The number of hydrogen-bond acceptors (Lipinski definition) is 3. The van der Waals surface area contributed by atoms with Crippen LogP contribution >= 0.6 is 0 Å². The van der Waals surface area contributed by atoms with E-state index >= 15 is 0 Å². The molecule has 2 amide bonds. The highest BCUT2D eigenvalue weighted by Gasteiger charge is 2.30. The topological polar surface area (TPSA) is 49.9 Å². The molecule has 0 unspecified atom stereocenters. The lowest BCUT2D eigenvalue weighted by Crippen LogP contribution is -2.45. The normalized spacial score (nSPS) is 18.7. The number of likely N-dealkylation sites (tertiary alicyclic amines) is 2. The Kier molecular flexibility index (Phi) is 6.53. The molecular formula is C21H30N2O3. The van der Waals surface area contributed by atoms with E-state index in [9.17, 15) is 9.59 Å². The van der Waals surface area contributed by atoms with Crippen molar-refractivity contribution in [1.82, 2.24) is 9.80 Å². The minimum absolute atomic E-state index is 0.107. The molecule has 2 saturated heterocycles. The molecule has 0 aromatic heterocycles. The molecule has 0 aliphatic carbocycles. The number of benzene rings is 1. The van der Waals surface area contributed by atoms with Crippen LogP contribution in [-0.4, -0.2) is 54.9 Å². The molecule has 5 heteroatoms. The van der Waals surface area contributed by atoms with Crippen molar-refractivity contribution in [2.24, 2.45) is 5.92 Å². The van der Waals surface area contributed by atoms with E-state index in [0.717, 1.165) is 56.5 Å². The lowest BCUT2D eigenvalue weighted by atomic mass is 9.94. The molecule has 142 valence electrons. The van der Waals surface area contributed by atoms with Crippen LogP contribution < -0.4 is 4.74 Å². The molecule has 5 nitrogen and oxygen atoms in total. The van der Waals surface area contributed by atoms with Gasteiger partial charge in [-0.3, -0.25) is 9.59 Å². The SMILES string of the molecule is COc1cccc(CCC(=O)N2CCC(C(=O)N3CCCCC3)CC2)c1. The molecule has 1 aromatic rings. The molecule has 2 aliphatic rings. The number of methoxy groups -OCH3 is 1. The number of aryl methyl sites for hydroxylation is 1. The van der Waals surface area contributed by atoms with Crippen LogP contribution in [0, 0.1) is 5.92 Å².